The van der Waals surface area contributed by atoms with Crippen molar-refractivity contribution in [3.05, 3.63) is 106 Å². The zero-order chi connectivity index (χ0) is 18.6. The molecule has 0 radical (unpaired) electrons. The van der Waals surface area contributed by atoms with Crippen molar-refractivity contribution in [1.29, 1.82) is 5.41 Å². The molecular formula is C26H27N. The number of hydrogen-bond donors (Lipinski definition) is 1. The van der Waals surface area contributed by atoms with Gasteiger partial charge in [0.2, 0.25) is 0 Å². The minimum absolute atomic E-state index is 0.668. The van der Waals surface area contributed by atoms with E-state index in [2.05, 4.69) is 66.7 Å². The Bertz CT molecular complexity index is 933. The summed E-state index contributed by atoms with van der Waals surface area (Å²) in [7, 11) is 0. The number of hydrogen-bond acceptors (Lipinski definition) is 1. The Morgan fingerprint density at radius 3 is 1.37 bits per heavy atom. The van der Waals surface area contributed by atoms with Crippen molar-refractivity contribution >= 4 is 5.71 Å². The number of rotatable bonds is 1. The molecule has 6 aliphatic rings. The van der Waals surface area contributed by atoms with Gasteiger partial charge in [-0.15, -0.1) is 0 Å². The van der Waals surface area contributed by atoms with Crippen molar-refractivity contribution in [1.82, 2.24) is 0 Å². The number of aryl methyl sites for hydroxylation is 6. The number of benzene rings is 3. The van der Waals surface area contributed by atoms with E-state index in [9.17, 15) is 0 Å². The molecule has 0 spiro atoms. The molecule has 0 unspecified atom stereocenters. The summed E-state index contributed by atoms with van der Waals surface area (Å²) in [6.45, 7) is 1.90. The van der Waals surface area contributed by atoms with Gasteiger partial charge in [-0.25, -0.2) is 0 Å². The Morgan fingerprint density at radius 1 is 0.556 bits per heavy atom. The highest BCUT2D eigenvalue weighted by Crippen LogP contribution is 2.19. The SMILES string of the molecule is CC(=N)c1cc2ccc1CCc1ccc(cc1)CCc1ccc(cc1)CC2. The monoisotopic (exact) mass is 353 g/mol. The van der Waals surface area contributed by atoms with Crippen molar-refractivity contribution in [3.63, 3.8) is 0 Å². The van der Waals surface area contributed by atoms with E-state index in [0.29, 0.717) is 5.71 Å². The van der Waals surface area contributed by atoms with E-state index < -0.39 is 0 Å². The van der Waals surface area contributed by atoms with Gasteiger partial charge in [0.15, 0.2) is 0 Å². The van der Waals surface area contributed by atoms with Crippen LogP contribution in [0.25, 0.3) is 0 Å². The minimum atomic E-state index is 0.668. The molecule has 0 atom stereocenters. The predicted molar refractivity (Wildman–Crippen MR) is 114 cm³/mol. The van der Waals surface area contributed by atoms with Crippen LogP contribution in [0.1, 0.15) is 45.9 Å². The lowest BCUT2D eigenvalue weighted by Gasteiger charge is -2.13. The maximum absolute atomic E-state index is 8.21. The molecule has 3 aromatic carbocycles. The van der Waals surface area contributed by atoms with Crippen molar-refractivity contribution in [2.24, 2.45) is 0 Å². The van der Waals surface area contributed by atoms with Gasteiger partial charge in [0, 0.05) is 5.71 Å². The summed E-state index contributed by atoms with van der Waals surface area (Å²) >= 11 is 0. The largest absolute Gasteiger partial charge is 0.305 e. The van der Waals surface area contributed by atoms with Gasteiger partial charge in [0.1, 0.15) is 0 Å². The van der Waals surface area contributed by atoms with Gasteiger partial charge in [-0.05, 0) is 90.5 Å². The first-order chi connectivity index (χ1) is 13.2. The summed E-state index contributed by atoms with van der Waals surface area (Å²) in [6.07, 6.45) is 6.30. The van der Waals surface area contributed by atoms with Gasteiger partial charge < -0.3 is 5.41 Å². The molecule has 9 rings (SSSR count). The fourth-order valence-corrected chi connectivity index (χ4v) is 3.95. The van der Waals surface area contributed by atoms with Crippen LogP contribution < -0.4 is 0 Å². The van der Waals surface area contributed by atoms with Crippen LogP contribution in [0.5, 0.6) is 0 Å². The van der Waals surface area contributed by atoms with Crippen molar-refractivity contribution in [3.8, 4) is 0 Å². The summed E-state index contributed by atoms with van der Waals surface area (Å²) in [4.78, 5) is 0. The molecule has 6 bridgehead atoms. The first-order valence-electron chi connectivity index (χ1n) is 10.0. The predicted octanol–water partition coefficient (Wildman–Crippen LogP) is 5.74. The topological polar surface area (TPSA) is 23.9 Å². The van der Waals surface area contributed by atoms with Crippen molar-refractivity contribution < 1.29 is 0 Å². The Kier molecular flexibility index (Phi) is 5.20. The zero-order valence-electron chi connectivity index (χ0n) is 16.1. The summed E-state index contributed by atoms with van der Waals surface area (Å²) < 4.78 is 0. The quantitative estimate of drug-likeness (QED) is 0.539. The fraction of sp³-hybridized carbons (Fsp3) is 0.269. The summed E-state index contributed by atoms with van der Waals surface area (Å²) in [5.74, 6) is 0. The lowest BCUT2D eigenvalue weighted by Crippen LogP contribution is -2.04. The molecule has 3 aromatic rings. The highest BCUT2D eigenvalue weighted by atomic mass is 14.4. The van der Waals surface area contributed by atoms with Crippen molar-refractivity contribution in [2.45, 2.75) is 45.4 Å². The highest BCUT2D eigenvalue weighted by Gasteiger charge is 2.08. The van der Waals surface area contributed by atoms with Crippen LogP contribution in [0.15, 0.2) is 66.7 Å². The molecule has 6 aliphatic carbocycles. The molecule has 0 saturated heterocycles. The van der Waals surface area contributed by atoms with E-state index in [-0.39, 0.29) is 0 Å². The van der Waals surface area contributed by atoms with Gasteiger partial charge in [0.25, 0.3) is 0 Å². The van der Waals surface area contributed by atoms with Gasteiger partial charge >= 0.3 is 0 Å². The van der Waals surface area contributed by atoms with Gasteiger partial charge in [0.05, 0.1) is 0 Å². The fourth-order valence-electron chi connectivity index (χ4n) is 3.95. The molecule has 0 heterocycles. The molecule has 27 heavy (non-hydrogen) atoms. The van der Waals surface area contributed by atoms with E-state index in [1.165, 1.54) is 33.4 Å². The maximum Gasteiger partial charge on any atom is 0.0358 e. The first kappa shape index (κ1) is 17.7. The zero-order valence-corrected chi connectivity index (χ0v) is 16.1. The highest BCUT2D eigenvalue weighted by molar-refractivity contribution is 5.97. The average Bonchev–Trinajstić information content (AvgIpc) is 2.70. The van der Waals surface area contributed by atoms with Gasteiger partial charge in [-0.3, -0.25) is 0 Å². The van der Waals surface area contributed by atoms with Crippen LogP contribution in [0, 0.1) is 5.41 Å². The van der Waals surface area contributed by atoms with Crippen molar-refractivity contribution in [2.75, 3.05) is 0 Å². The molecule has 0 amide bonds. The standard InChI is InChI=1S/C26H27N/c1-19(27)26-18-24-13-12-22-6-4-20(5-7-22)2-3-21-8-10-23(11-9-21)14-16-25(26)17-15-24/h4-11,15,17-18,27H,2-3,12-14,16H2,1H3. The van der Waals surface area contributed by atoms with Crippen LogP contribution in [0.3, 0.4) is 0 Å². The molecule has 136 valence electrons. The third-order valence-corrected chi connectivity index (χ3v) is 5.71. The number of nitrogens with one attached hydrogen (secondary N) is 1. The molecule has 0 fully saturated rings. The third kappa shape index (κ3) is 4.36. The van der Waals surface area contributed by atoms with E-state index in [1.807, 2.05) is 6.92 Å². The third-order valence-electron chi connectivity index (χ3n) is 5.71. The maximum atomic E-state index is 8.21. The summed E-state index contributed by atoms with van der Waals surface area (Å²) in [6, 6.07) is 24.9. The van der Waals surface area contributed by atoms with Crippen LogP contribution in [0.2, 0.25) is 0 Å². The smallest absolute Gasteiger partial charge is 0.0358 e. The molecule has 0 aromatic heterocycles. The normalized spacial score (nSPS) is 14.1. The Balaban J connectivity index is 1.69. The molecule has 1 N–H and O–H groups in total. The lowest BCUT2D eigenvalue weighted by atomic mass is 9.93. The molecule has 0 aliphatic heterocycles. The van der Waals surface area contributed by atoms with E-state index in [4.69, 9.17) is 5.41 Å². The van der Waals surface area contributed by atoms with Gasteiger partial charge in [-0.1, -0.05) is 60.7 Å². The second kappa shape index (κ2) is 7.92. The first-order valence-corrected chi connectivity index (χ1v) is 10.0. The second-order valence-corrected chi connectivity index (χ2v) is 7.75. The summed E-state index contributed by atoms with van der Waals surface area (Å²) in [5.41, 5.74) is 9.99. The van der Waals surface area contributed by atoms with Crippen LogP contribution in [0.4, 0.5) is 0 Å². The Hall–Kier alpha value is -2.67. The molecule has 1 heteroatoms. The van der Waals surface area contributed by atoms with Gasteiger partial charge in [-0.2, -0.15) is 0 Å². The Labute approximate surface area is 162 Å². The summed E-state index contributed by atoms with van der Waals surface area (Å²) in [5, 5.41) is 8.21. The van der Waals surface area contributed by atoms with E-state index in [0.717, 1.165) is 44.1 Å². The van der Waals surface area contributed by atoms with Crippen LogP contribution >= 0.6 is 0 Å². The molecular weight excluding hydrogens is 326 g/mol. The second-order valence-electron chi connectivity index (χ2n) is 7.75. The lowest BCUT2D eigenvalue weighted by molar-refractivity contribution is 0.919. The minimum Gasteiger partial charge on any atom is -0.305 e. The van der Waals surface area contributed by atoms with Crippen LogP contribution in [-0.4, -0.2) is 5.71 Å². The van der Waals surface area contributed by atoms with E-state index in [1.54, 1.807) is 0 Å². The average molecular weight is 354 g/mol. The molecule has 0 saturated carbocycles. The van der Waals surface area contributed by atoms with E-state index >= 15 is 0 Å². The Morgan fingerprint density at radius 2 is 0.926 bits per heavy atom. The molecule has 1 nitrogen and oxygen atoms in total. The van der Waals surface area contributed by atoms with Crippen LogP contribution in [-0.2, 0) is 38.5 Å².